The Hall–Kier alpha value is -0.870. The Labute approximate surface area is 74.3 Å². The molecule has 0 saturated carbocycles. The Morgan fingerprint density at radius 3 is 3.00 bits per heavy atom. The Balaban J connectivity index is 2.70. The number of aliphatic hydroxyl groups is 1. The number of aliphatic hydroxyl groups excluding tert-OH is 1. The molecule has 2 heterocycles. The molecule has 2 aromatic heterocycles. The second-order valence-electron chi connectivity index (χ2n) is 2.81. The van der Waals surface area contributed by atoms with Gasteiger partial charge >= 0.3 is 0 Å². The first-order valence-corrected chi connectivity index (χ1v) is 4.62. The third-order valence-corrected chi connectivity index (χ3v) is 3.25. The second kappa shape index (κ2) is 2.57. The van der Waals surface area contributed by atoms with Crippen LogP contribution in [0.4, 0.5) is 0 Å². The summed E-state index contributed by atoms with van der Waals surface area (Å²) in [6, 6.07) is 0. The van der Waals surface area contributed by atoms with E-state index < -0.39 is 6.10 Å². The van der Waals surface area contributed by atoms with Crippen molar-refractivity contribution in [2.24, 2.45) is 0 Å². The van der Waals surface area contributed by atoms with Crippen LogP contribution in [0.1, 0.15) is 23.6 Å². The van der Waals surface area contributed by atoms with Crippen LogP contribution in [0.15, 0.2) is 12.4 Å². The van der Waals surface area contributed by atoms with E-state index in [0.29, 0.717) is 0 Å². The number of aryl methyl sites for hydroxylation is 1. The van der Waals surface area contributed by atoms with Crippen molar-refractivity contribution >= 4 is 16.3 Å². The van der Waals surface area contributed by atoms with Gasteiger partial charge in [0.1, 0.15) is 0 Å². The van der Waals surface area contributed by atoms with Crippen LogP contribution in [-0.2, 0) is 0 Å². The zero-order valence-electron chi connectivity index (χ0n) is 6.98. The van der Waals surface area contributed by atoms with E-state index in [9.17, 15) is 5.11 Å². The Morgan fingerprint density at radius 2 is 2.42 bits per heavy atom. The van der Waals surface area contributed by atoms with Crippen LogP contribution in [0.2, 0.25) is 0 Å². The third kappa shape index (κ3) is 0.956. The van der Waals surface area contributed by atoms with Crippen LogP contribution in [0.5, 0.6) is 0 Å². The number of aromatic nitrogens is 2. The first-order valence-electron chi connectivity index (χ1n) is 3.80. The average Bonchev–Trinajstić information content (AvgIpc) is 2.53. The van der Waals surface area contributed by atoms with Gasteiger partial charge in [0, 0.05) is 18.1 Å². The van der Waals surface area contributed by atoms with Crippen molar-refractivity contribution in [3.05, 3.63) is 23.0 Å². The summed E-state index contributed by atoms with van der Waals surface area (Å²) in [4.78, 5) is 6.10. The predicted octanol–water partition coefficient (Wildman–Crippen LogP) is 1.76. The molecule has 0 radical (unpaired) electrons. The zero-order chi connectivity index (χ0) is 8.72. The SMILES string of the molecule is Cc1c(C(C)O)sc2nccn12. The van der Waals surface area contributed by atoms with Crippen molar-refractivity contribution in [3.63, 3.8) is 0 Å². The molecule has 2 aromatic rings. The summed E-state index contributed by atoms with van der Waals surface area (Å²) in [5.74, 6) is 0. The van der Waals surface area contributed by atoms with Crippen LogP contribution in [0.3, 0.4) is 0 Å². The molecule has 0 spiro atoms. The van der Waals surface area contributed by atoms with E-state index in [0.717, 1.165) is 15.5 Å². The average molecular weight is 182 g/mol. The fraction of sp³-hybridized carbons (Fsp3) is 0.375. The van der Waals surface area contributed by atoms with Gasteiger partial charge in [0.05, 0.1) is 11.0 Å². The van der Waals surface area contributed by atoms with Crippen molar-refractivity contribution in [1.29, 1.82) is 0 Å². The van der Waals surface area contributed by atoms with E-state index in [1.807, 2.05) is 17.5 Å². The Morgan fingerprint density at radius 1 is 1.67 bits per heavy atom. The Bertz CT molecular complexity index is 402. The molecule has 1 N–H and O–H groups in total. The van der Waals surface area contributed by atoms with E-state index in [-0.39, 0.29) is 0 Å². The summed E-state index contributed by atoms with van der Waals surface area (Å²) >= 11 is 1.54. The molecule has 0 aromatic carbocycles. The summed E-state index contributed by atoms with van der Waals surface area (Å²) in [6.07, 6.45) is 3.29. The fourth-order valence-electron chi connectivity index (χ4n) is 1.30. The van der Waals surface area contributed by atoms with Crippen molar-refractivity contribution in [1.82, 2.24) is 9.38 Å². The van der Waals surface area contributed by atoms with E-state index in [4.69, 9.17) is 0 Å². The molecule has 0 amide bonds. The summed E-state index contributed by atoms with van der Waals surface area (Å²) in [6.45, 7) is 3.77. The first-order chi connectivity index (χ1) is 5.70. The third-order valence-electron chi connectivity index (χ3n) is 1.91. The molecule has 0 aliphatic rings. The summed E-state index contributed by atoms with van der Waals surface area (Å²) < 4.78 is 1.99. The molecule has 4 heteroatoms. The normalized spacial score (nSPS) is 13.9. The monoisotopic (exact) mass is 182 g/mol. The van der Waals surface area contributed by atoms with Gasteiger partial charge in [-0.2, -0.15) is 0 Å². The van der Waals surface area contributed by atoms with Gasteiger partial charge in [-0.05, 0) is 13.8 Å². The van der Waals surface area contributed by atoms with Gasteiger partial charge < -0.3 is 5.11 Å². The van der Waals surface area contributed by atoms with Crippen LogP contribution >= 0.6 is 11.3 Å². The molecule has 64 valence electrons. The molecule has 2 rings (SSSR count). The second-order valence-corrected chi connectivity index (χ2v) is 3.82. The molecule has 0 aliphatic carbocycles. The molecule has 0 saturated heterocycles. The molecule has 0 fully saturated rings. The van der Waals surface area contributed by atoms with Gasteiger partial charge in [0.25, 0.3) is 0 Å². The molecule has 1 unspecified atom stereocenters. The number of fused-ring (bicyclic) bond motifs is 1. The van der Waals surface area contributed by atoms with Crippen LogP contribution in [-0.4, -0.2) is 14.5 Å². The largest absolute Gasteiger partial charge is 0.388 e. The minimum absolute atomic E-state index is 0.392. The van der Waals surface area contributed by atoms with E-state index in [2.05, 4.69) is 4.98 Å². The maximum absolute atomic E-state index is 9.39. The standard InChI is InChI=1S/C8H10N2OS/c1-5-7(6(2)11)12-8-9-3-4-10(5)8/h3-4,6,11H,1-2H3. The smallest absolute Gasteiger partial charge is 0.194 e. The fourth-order valence-corrected chi connectivity index (χ4v) is 2.32. The molecular formula is C8H10N2OS. The van der Waals surface area contributed by atoms with Gasteiger partial charge in [-0.3, -0.25) is 4.40 Å². The number of nitrogens with zero attached hydrogens (tertiary/aromatic N) is 2. The van der Waals surface area contributed by atoms with Gasteiger partial charge in [0.2, 0.25) is 0 Å². The number of hydrogen-bond acceptors (Lipinski definition) is 3. The highest BCUT2D eigenvalue weighted by atomic mass is 32.1. The first kappa shape index (κ1) is 7.76. The highest BCUT2D eigenvalue weighted by Gasteiger charge is 2.12. The van der Waals surface area contributed by atoms with E-state index in [1.165, 1.54) is 0 Å². The molecule has 0 bridgehead atoms. The highest BCUT2D eigenvalue weighted by molar-refractivity contribution is 7.17. The highest BCUT2D eigenvalue weighted by Crippen LogP contribution is 2.26. The Kier molecular flexibility index (Phi) is 1.66. The molecule has 0 aliphatic heterocycles. The lowest BCUT2D eigenvalue weighted by molar-refractivity contribution is 0.202. The van der Waals surface area contributed by atoms with Gasteiger partial charge in [0.15, 0.2) is 4.96 Å². The van der Waals surface area contributed by atoms with Gasteiger partial charge in [-0.25, -0.2) is 4.98 Å². The maximum Gasteiger partial charge on any atom is 0.194 e. The molecule has 3 nitrogen and oxygen atoms in total. The van der Waals surface area contributed by atoms with Crippen molar-refractivity contribution in [2.45, 2.75) is 20.0 Å². The molecule has 1 atom stereocenters. The predicted molar refractivity (Wildman–Crippen MR) is 48.4 cm³/mol. The maximum atomic E-state index is 9.39. The quantitative estimate of drug-likeness (QED) is 0.729. The minimum atomic E-state index is -0.392. The number of hydrogen-bond donors (Lipinski definition) is 1. The van der Waals surface area contributed by atoms with Crippen LogP contribution in [0.25, 0.3) is 4.96 Å². The minimum Gasteiger partial charge on any atom is -0.388 e. The summed E-state index contributed by atoms with van der Waals surface area (Å²) in [5.41, 5.74) is 1.09. The molecule has 12 heavy (non-hydrogen) atoms. The van der Waals surface area contributed by atoms with E-state index in [1.54, 1.807) is 24.5 Å². The van der Waals surface area contributed by atoms with Crippen molar-refractivity contribution < 1.29 is 5.11 Å². The van der Waals surface area contributed by atoms with Crippen LogP contribution < -0.4 is 0 Å². The lowest BCUT2D eigenvalue weighted by Gasteiger charge is -2.00. The lowest BCUT2D eigenvalue weighted by atomic mass is 10.3. The number of rotatable bonds is 1. The topological polar surface area (TPSA) is 37.5 Å². The zero-order valence-corrected chi connectivity index (χ0v) is 7.80. The number of imidazole rings is 1. The lowest BCUT2D eigenvalue weighted by Crippen LogP contribution is -1.91. The summed E-state index contributed by atoms with van der Waals surface area (Å²) in [7, 11) is 0. The van der Waals surface area contributed by atoms with Crippen molar-refractivity contribution in [2.75, 3.05) is 0 Å². The molecular weight excluding hydrogens is 172 g/mol. The van der Waals surface area contributed by atoms with Crippen molar-refractivity contribution in [3.8, 4) is 0 Å². The van der Waals surface area contributed by atoms with Gasteiger partial charge in [-0.15, -0.1) is 0 Å². The number of thiazole rings is 1. The summed E-state index contributed by atoms with van der Waals surface area (Å²) in [5, 5.41) is 9.39. The van der Waals surface area contributed by atoms with Gasteiger partial charge in [-0.1, -0.05) is 11.3 Å². The van der Waals surface area contributed by atoms with E-state index >= 15 is 0 Å². The van der Waals surface area contributed by atoms with Crippen LogP contribution in [0, 0.1) is 6.92 Å².